The summed E-state index contributed by atoms with van der Waals surface area (Å²) >= 11 is 0. The van der Waals surface area contributed by atoms with Crippen molar-refractivity contribution in [3.8, 4) is 0 Å². The lowest BCUT2D eigenvalue weighted by atomic mass is 9.84. The molecule has 0 aromatic rings. The maximum atomic E-state index is 3.79. The van der Waals surface area contributed by atoms with Crippen LogP contribution in [0.15, 0.2) is 0 Å². The average molecular weight is 224 g/mol. The van der Waals surface area contributed by atoms with E-state index in [9.17, 15) is 0 Å². The molecule has 2 nitrogen and oxygen atoms in total. The zero-order chi connectivity index (χ0) is 11.2. The van der Waals surface area contributed by atoms with Gasteiger partial charge in [-0.25, -0.2) is 0 Å². The van der Waals surface area contributed by atoms with Gasteiger partial charge < -0.3 is 10.6 Å². The fourth-order valence-electron chi connectivity index (χ4n) is 3.24. The van der Waals surface area contributed by atoms with Gasteiger partial charge in [0.25, 0.3) is 0 Å². The second-order valence-corrected chi connectivity index (χ2v) is 5.79. The Labute approximate surface area is 101 Å². The first-order valence-corrected chi connectivity index (χ1v) is 7.30. The number of piperidine rings is 1. The molecular weight excluding hydrogens is 196 g/mol. The lowest BCUT2D eigenvalue weighted by Gasteiger charge is -2.31. The van der Waals surface area contributed by atoms with Gasteiger partial charge in [-0.2, -0.15) is 0 Å². The highest BCUT2D eigenvalue weighted by molar-refractivity contribution is 4.78. The van der Waals surface area contributed by atoms with Crippen molar-refractivity contribution in [1.82, 2.24) is 10.6 Å². The Bertz CT molecular complexity index is 181. The lowest BCUT2D eigenvalue weighted by molar-refractivity contribution is 0.260. The molecule has 0 radical (unpaired) electrons. The molecule has 0 amide bonds. The van der Waals surface area contributed by atoms with Crippen molar-refractivity contribution < 1.29 is 0 Å². The van der Waals surface area contributed by atoms with Gasteiger partial charge in [0.05, 0.1) is 0 Å². The van der Waals surface area contributed by atoms with Gasteiger partial charge in [-0.3, -0.25) is 0 Å². The van der Waals surface area contributed by atoms with Crippen LogP contribution in [0.3, 0.4) is 0 Å². The molecule has 2 fully saturated rings. The molecule has 1 heterocycles. The van der Waals surface area contributed by atoms with Gasteiger partial charge in [0.2, 0.25) is 0 Å². The van der Waals surface area contributed by atoms with Crippen molar-refractivity contribution in [2.75, 3.05) is 19.6 Å². The molecule has 0 unspecified atom stereocenters. The third-order valence-electron chi connectivity index (χ3n) is 4.54. The van der Waals surface area contributed by atoms with E-state index in [1.165, 1.54) is 64.6 Å². The Kier molecular flexibility index (Phi) is 5.11. The number of nitrogens with one attached hydrogen (secondary N) is 2. The smallest absolute Gasteiger partial charge is 0.00671 e. The van der Waals surface area contributed by atoms with Crippen LogP contribution in [0.25, 0.3) is 0 Å². The van der Waals surface area contributed by atoms with E-state index in [4.69, 9.17) is 0 Å². The fraction of sp³-hybridized carbons (Fsp3) is 1.00. The van der Waals surface area contributed by atoms with E-state index in [0.29, 0.717) is 0 Å². The van der Waals surface area contributed by atoms with E-state index in [1.807, 2.05) is 0 Å². The van der Waals surface area contributed by atoms with Crippen molar-refractivity contribution >= 4 is 0 Å². The monoisotopic (exact) mass is 224 g/mol. The van der Waals surface area contributed by atoms with Crippen LogP contribution in [0.4, 0.5) is 0 Å². The van der Waals surface area contributed by atoms with E-state index in [-0.39, 0.29) is 0 Å². The van der Waals surface area contributed by atoms with E-state index >= 15 is 0 Å². The van der Waals surface area contributed by atoms with Crippen molar-refractivity contribution in [2.45, 2.75) is 57.9 Å². The fourth-order valence-corrected chi connectivity index (χ4v) is 3.24. The molecule has 2 heteroatoms. The van der Waals surface area contributed by atoms with Gasteiger partial charge in [-0.15, -0.1) is 0 Å². The summed E-state index contributed by atoms with van der Waals surface area (Å²) in [5, 5.41) is 7.23. The van der Waals surface area contributed by atoms with Gasteiger partial charge in [0, 0.05) is 6.04 Å². The minimum Gasteiger partial charge on any atom is -0.317 e. The molecule has 1 atom stereocenters. The number of rotatable bonds is 4. The molecule has 1 saturated carbocycles. The normalized spacial score (nSPS) is 26.8. The lowest BCUT2D eigenvalue weighted by Crippen LogP contribution is -2.40. The summed E-state index contributed by atoms with van der Waals surface area (Å²) in [5.74, 6) is 1.88. The first kappa shape index (κ1) is 12.4. The molecule has 0 aromatic heterocycles. The SMILES string of the molecule is C[C@H](NCC1CCNCC1)C1CCCCC1. The molecule has 1 saturated heterocycles. The highest BCUT2D eigenvalue weighted by Crippen LogP contribution is 2.26. The van der Waals surface area contributed by atoms with Crippen LogP contribution >= 0.6 is 0 Å². The third-order valence-corrected chi connectivity index (χ3v) is 4.54. The molecular formula is C14H28N2. The number of hydrogen-bond acceptors (Lipinski definition) is 2. The molecule has 0 spiro atoms. The second-order valence-electron chi connectivity index (χ2n) is 5.79. The summed E-state index contributed by atoms with van der Waals surface area (Å²) in [7, 11) is 0. The molecule has 1 aliphatic carbocycles. The largest absolute Gasteiger partial charge is 0.317 e. The Morgan fingerprint density at radius 1 is 1.06 bits per heavy atom. The minimum absolute atomic E-state index is 0.746. The van der Waals surface area contributed by atoms with Gasteiger partial charge in [-0.05, 0) is 64.1 Å². The van der Waals surface area contributed by atoms with Crippen LogP contribution in [-0.4, -0.2) is 25.7 Å². The van der Waals surface area contributed by atoms with E-state index in [0.717, 1.165) is 17.9 Å². The van der Waals surface area contributed by atoms with Crippen molar-refractivity contribution in [1.29, 1.82) is 0 Å². The molecule has 16 heavy (non-hydrogen) atoms. The van der Waals surface area contributed by atoms with Crippen LogP contribution in [0, 0.1) is 11.8 Å². The Hall–Kier alpha value is -0.0800. The maximum absolute atomic E-state index is 3.79. The Morgan fingerprint density at radius 2 is 1.75 bits per heavy atom. The third kappa shape index (κ3) is 3.74. The Balaban J connectivity index is 1.63. The molecule has 2 aliphatic rings. The second kappa shape index (κ2) is 6.61. The molecule has 2 N–H and O–H groups in total. The zero-order valence-corrected chi connectivity index (χ0v) is 10.8. The van der Waals surface area contributed by atoms with Crippen LogP contribution in [0.5, 0.6) is 0 Å². The highest BCUT2D eigenvalue weighted by atomic mass is 14.9. The standard InChI is InChI=1S/C14H28N2/c1-12(14-5-3-2-4-6-14)16-11-13-7-9-15-10-8-13/h12-16H,2-11H2,1H3/t12-/m0/s1. The molecule has 2 rings (SSSR count). The summed E-state index contributed by atoms with van der Waals surface area (Å²) in [5.41, 5.74) is 0. The van der Waals surface area contributed by atoms with Crippen LogP contribution in [0.2, 0.25) is 0 Å². The molecule has 0 aromatic carbocycles. The summed E-state index contributed by atoms with van der Waals surface area (Å²) in [6, 6.07) is 0.746. The topological polar surface area (TPSA) is 24.1 Å². The van der Waals surface area contributed by atoms with E-state index in [1.54, 1.807) is 0 Å². The average Bonchev–Trinajstić information content (AvgIpc) is 2.38. The Morgan fingerprint density at radius 3 is 2.44 bits per heavy atom. The zero-order valence-electron chi connectivity index (χ0n) is 10.8. The summed E-state index contributed by atoms with van der Waals surface area (Å²) in [6.07, 6.45) is 10.0. The summed E-state index contributed by atoms with van der Waals surface area (Å²) in [4.78, 5) is 0. The van der Waals surface area contributed by atoms with Crippen LogP contribution in [-0.2, 0) is 0 Å². The minimum atomic E-state index is 0.746. The number of hydrogen-bond donors (Lipinski definition) is 2. The summed E-state index contributed by atoms with van der Waals surface area (Å²) in [6.45, 7) is 6.10. The van der Waals surface area contributed by atoms with Gasteiger partial charge >= 0.3 is 0 Å². The van der Waals surface area contributed by atoms with Crippen molar-refractivity contribution in [3.05, 3.63) is 0 Å². The first-order chi connectivity index (χ1) is 7.86. The maximum Gasteiger partial charge on any atom is 0.00671 e. The van der Waals surface area contributed by atoms with Crippen molar-refractivity contribution in [2.24, 2.45) is 11.8 Å². The predicted octanol–water partition coefficient (Wildman–Crippen LogP) is 2.54. The van der Waals surface area contributed by atoms with Crippen LogP contribution < -0.4 is 10.6 Å². The van der Waals surface area contributed by atoms with E-state index < -0.39 is 0 Å². The summed E-state index contributed by atoms with van der Waals surface area (Å²) < 4.78 is 0. The van der Waals surface area contributed by atoms with Crippen LogP contribution in [0.1, 0.15) is 51.9 Å². The van der Waals surface area contributed by atoms with E-state index in [2.05, 4.69) is 17.6 Å². The van der Waals surface area contributed by atoms with Gasteiger partial charge in [0.15, 0.2) is 0 Å². The molecule has 94 valence electrons. The van der Waals surface area contributed by atoms with Gasteiger partial charge in [0.1, 0.15) is 0 Å². The molecule has 0 bridgehead atoms. The first-order valence-electron chi connectivity index (χ1n) is 7.30. The van der Waals surface area contributed by atoms with Gasteiger partial charge in [-0.1, -0.05) is 19.3 Å². The highest BCUT2D eigenvalue weighted by Gasteiger charge is 2.21. The molecule has 1 aliphatic heterocycles. The quantitative estimate of drug-likeness (QED) is 0.767. The van der Waals surface area contributed by atoms with Crippen molar-refractivity contribution in [3.63, 3.8) is 0 Å². The predicted molar refractivity (Wildman–Crippen MR) is 69.6 cm³/mol.